The van der Waals surface area contributed by atoms with Gasteiger partial charge in [0.05, 0.1) is 6.54 Å². The fourth-order valence-electron chi connectivity index (χ4n) is 2.82. The van der Waals surface area contributed by atoms with Crippen LogP contribution in [0.1, 0.15) is 27.2 Å². The zero-order chi connectivity index (χ0) is 20.7. The first-order chi connectivity index (χ1) is 13.2. The summed E-state index contributed by atoms with van der Waals surface area (Å²) >= 11 is 6.04. The van der Waals surface area contributed by atoms with Crippen molar-refractivity contribution in [1.29, 1.82) is 0 Å². The van der Waals surface area contributed by atoms with Gasteiger partial charge < -0.3 is 20.4 Å². The highest BCUT2D eigenvalue weighted by molar-refractivity contribution is 6.30. The molecule has 28 heavy (non-hydrogen) atoms. The van der Waals surface area contributed by atoms with E-state index in [0.29, 0.717) is 18.1 Å². The Labute approximate surface area is 171 Å². The lowest BCUT2D eigenvalue weighted by molar-refractivity contribution is -0.133. The molecule has 1 heterocycles. The van der Waals surface area contributed by atoms with Gasteiger partial charge >= 0.3 is 0 Å². The molecule has 1 aromatic rings. The average molecular weight is 409 g/mol. The molecule has 0 spiro atoms. The predicted octanol–water partition coefficient (Wildman–Crippen LogP) is 1.66. The number of amides is 3. The van der Waals surface area contributed by atoms with Gasteiger partial charge in [0, 0.05) is 55.3 Å². The van der Waals surface area contributed by atoms with Crippen molar-refractivity contribution in [3.05, 3.63) is 29.3 Å². The first kappa shape index (κ1) is 22.0. The lowest BCUT2D eigenvalue weighted by Gasteiger charge is -2.36. The van der Waals surface area contributed by atoms with Crippen LogP contribution in [0.5, 0.6) is 0 Å². The summed E-state index contributed by atoms with van der Waals surface area (Å²) in [6.45, 7) is 8.31. The Morgan fingerprint density at radius 1 is 1.07 bits per heavy atom. The second-order valence-electron chi connectivity index (χ2n) is 7.88. The molecule has 1 aliphatic heterocycles. The van der Waals surface area contributed by atoms with E-state index in [9.17, 15) is 14.4 Å². The highest BCUT2D eigenvalue weighted by Crippen LogP contribution is 2.20. The Hall–Kier alpha value is -2.28. The normalized spacial score (nSPS) is 14.6. The molecule has 1 saturated heterocycles. The second kappa shape index (κ2) is 9.78. The van der Waals surface area contributed by atoms with Crippen LogP contribution < -0.4 is 15.5 Å². The van der Waals surface area contributed by atoms with E-state index >= 15 is 0 Å². The number of nitrogens with one attached hydrogen (secondary N) is 2. The average Bonchev–Trinajstić information content (AvgIpc) is 2.65. The third-order valence-electron chi connectivity index (χ3n) is 4.56. The van der Waals surface area contributed by atoms with Gasteiger partial charge in [0.1, 0.15) is 0 Å². The summed E-state index contributed by atoms with van der Waals surface area (Å²) in [5.74, 6) is -0.452. The topological polar surface area (TPSA) is 81.8 Å². The molecule has 1 aliphatic rings. The Bertz CT molecular complexity index is 710. The molecule has 1 fully saturated rings. The van der Waals surface area contributed by atoms with Crippen molar-refractivity contribution in [2.24, 2.45) is 5.41 Å². The number of carbonyl (C=O) groups is 3. The number of carbonyl (C=O) groups excluding carboxylic acids is 3. The number of rotatable bonds is 6. The minimum absolute atomic E-state index is 0.0246. The zero-order valence-corrected chi connectivity index (χ0v) is 17.5. The van der Waals surface area contributed by atoms with Crippen LogP contribution in [-0.2, 0) is 14.4 Å². The Morgan fingerprint density at radius 3 is 2.36 bits per heavy atom. The van der Waals surface area contributed by atoms with Gasteiger partial charge in [0.25, 0.3) is 0 Å². The summed E-state index contributed by atoms with van der Waals surface area (Å²) < 4.78 is 0. The minimum Gasteiger partial charge on any atom is -0.368 e. The van der Waals surface area contributed by atoms with Gasteiger partial charge in [-0.1, -0.05) is 38.4 Å². The number of benzene rings is 1. The summed E-state index contributed by atoms with van der Waals surface area (Å²) in [4.78, 5) is 39.9. The fraction of sp³-hybridized carbons (Fsp3) is 0.550. The molecule has 2 rings (SSSR count). The van der Waals surface area contributed by atoms with E-state index in [1.54, 1.807) is 4.90 Å². The maximum Gasteiger partial charge on any atom is 0.242 e. The second-order valence-corrected chi connectivity index (χ2v) is 8.32. The highest BCUT2D eigenvalue weighted by atomic mass is 35.5. The molecule has 0 radical (unpaired) electrons. The molecular weight excluding hydrogens is 380 g/mol. The molecule has 0 bridgehead atoms. The van der Waals surface area contributed by atoms with Gasteiger partial charge in [0.2, 0.25) is 17.7 Å². The number of piperazine rings is 1. The summed E-state index contributed by atoms with van der Waals surface area (Å²) in [5, 5.41) is 6.04. The van der Waals surface area contributed by atoms with E-state index in [1.165, 1.54) is 0 Å². The van der Waals surface area contributed by atoms with Gasteiger partial charge in [-0.05, 0) is 18.2 Å². The number of anilines is 1. The van der Waals surface area contributed by atoms with E-state index in [-0.39, 0.29) is 37.2 Å². The fourth-order valence-corrected chi connectivity index (χ4v) is 3.00. The van der Waals surface area contributed by atoms with Crippen LogP contribution in [-0.4, -0.2) is 61.9 Å². The molecule has 7 nitrogen and oxygen atoms in total. The Balaban J connectivity index is 1.67. The Kier molecular flexibility index (Phi) is 7.69. The number of hydrogen-bond donors (Lipinski definition) is 2. The van der Waals surface area contributed by atoms with Crippen LogP contribution in [0.4, 0.5) is 5.69 Å². The smallest absolute Gasteiger partial charge is 0.242 e. The van der Waals surface area contributed by atoms with Crippen molar-refractivity contribution in [3.8, 4) is 0 Å². The zero-order valence-electron chi connectivity index (χ0n) is 16.8. The lowest BCUT2D eigenvalue weighted by atomic mass is 9.96. The van der Waals surface area contributed by atoms with Crippen molar-refractivity contribution in [2.75, 3.05) is 44.2 Å². The monoisotopic (exact) mass is 408 g/mol. The summed E-state index contributed by atoms with van der Waals surface area (Å²) in [6.07, 6.45) is 0.150. The molecule has 154 valence electrons. The van der Waals surface area contributed by atoms with E-state index < -0.39 is 5.41 Å². The number of nitrogens with zero attached hydrogens (tertiary/aromatic N) is 2. The van der Waals surface area contributed by atoms with E-state index in [4.69, 9.17) is 11.6 Å². The molecule has 1 aromatic carbocycles. The van der Waals surface area contributed by atoms with Gasteiger partial charge in [-0.15, -0.1) is 0 Å². The predicted molar refractivity (Wildman–Crippen MR) is 110 cm³/mol. The van der Waals surface area contributed by atoms with Crippen LogP contribution in [0.15, 0.2) is 24.3 Å². The quantitative estimate of drug-likeness (QED) is 0.750. The first-order valence-corrected chi connectivity index (χ1v) is 9.88. The molecule has 0 unspecified atom stereocenters. The molecule has 0 saturated carbocycles. The third-order valence-corrected chi connectivity index (χ3v) is 4.80. The van der Waals surface area contributed by atoms with Crippen LogP contribution in [0, 0.1) is 5.41 Å². The Morgan fingerprint density at radius 2 is 1.75 bits per heavy atom. The van der Waals surface area contributed by atoms with Gasteiger partial charge in [-0.25, -0.2) is 0 Å². The summed E-state index contributed by atoms with van der Waals surface area (Å²) in [6, 6.07) is 7.66. The molecule has 0 aliphatic carbocycles. The number of hydrogen-bond acceptors (Lipinski definition) is 4. The molecule has 0 atom stereocenters. The number of halogens is 1. The van der Waals surface area contributed by atoms with E-state index in [2.05, 4.69) is 15.5 Å². The molecule has 0 aromatic heterocycles. The van der Waals surface area contributed by atoms with Crippen molar-refractivity contribution in [2.45, 2.75) is 27.2 Å². The first-order valence-electron chi connectivity index (χ1n) is 9.50. The van der Waals surface area contributed by atoms with Crippen molar-refractivity contribution < 1.29 is 14.4 Å². The van der Waals surface area contributed by atoms with Gasteiger partial charge in [0.15, 0.2) is 0 Å². The third kappa shape index (κ3) is 6.71. The molecule has 8 heteroatoms. The van der Waals surface area contributed by atoms with Gasteiger partial charge in [-0.3, -0.25) is 14.4 Å². The largest absolute Gasteiger partial charge is 0.368 e. The van der Waals surface area contributed by atoms with Crippen LogP contribution in [0.3, 0.4) is 0 Å². The molecule has 3 amide bonds. The summed E-state index contributed by atoms with van der Waals surface area (Å²) in [5.41, 5.74) is 0.560. The summed E-state index contributed by atoms with van der Waals surface area (Å²) in [7, 11) is 0. The van der Waals surface area contributed by atoms with E-state index in [1.807, 2.05) is 45.0 Å². The van der Waals surface area contributed by atoms with Crippen LogP contribution in [0.25, 0.3) is 0 Å². The van der Waals surface area contributed by atoms with Crippen molar-refractivity contribution >= 4 is 35.0 Å². The highest BCUT2D eigenvalue weighted by Gasteiger charge is 2.22. The van der Waals surface area contributed by atoms with Crippen LogP contribution >= 0.6 is 11.6 Å². The minimum atomic E-state index is -0.486. The van der Waals surface area contributed by atoms with Crippen molar-refractivity contribution in [1.82, 2.24) is 15.5 Å². The lowest BCUT2D eigenvalue weighted by Crippen LogP contribution is -2.51. The molecule has 2 N–H and O–H groups in total. The van der Waals surface area contributed by atoms with Crippen LogP contribution in [0.2, 0.25) is 5.02 Å². The van der Waals surface area contributed by atoms with E-state index in [0.717, 1.165) is 18.8 Å². The standard InChI is InChI=1S/C20H29ClN4O3/c1-20(2,3)19(28)22-8-7-17(26)23-14-18(27)25-11-9-24(10-12-25)16-6-4-5-15(21)13-16/h4-6,13H,7-12,14H2,1-3H3,(H,22,28)(H,23,26). The van der Waals surface area contributed by atoms with Gasteiger partial charge in [-0.2, -0.15) is 0 Å². The SMILES string of the molecule is CC(C)(C)C(=O)NCCC(=O)NCC(=O)N1CCN(c2cccc(Cl)c2)CC1. The molecular formula is C20H29ClN4O3. The maximum absolute atomic E-state index is 12.3. The maximum atomic E-state index is 12.3. The van der Waals surface area contributed by atoms with Crippen molar-refractivity contribution in [3.63, 3.8) is 0 Å².